The van der Waals surface area contributed by atoms with Gasteiger partial charge in [0.15, 0.2) is 0 Å². The molecule has 2 atom stereocenters. The number of nitrogens with one attached hydrogen (secondary N) is 1. The van der Waals surface area contributed by atoms with Crippen LogP contribution in [0.5, 0.6) is 5.75 Å². The van der Waals surface area contributed by atoms with Gasteiger partial charge < -0.3 is 15.8 Å². The molecule has 1 aromatic rings. The summed E-state index contributed by atoms with van der Waals surface area (Å²) in [6.07, 6.45) is 5.01. The van der Waals surface area contributed by atoms with E-state index in [9.17, 15) is 4.79 Å². The van der Waals surface area contributed by atoms with E-state index in [1.165, 1.54) is 25.7 Å². The third kappa shape index (κ3) is 4.66. The molecular weight excluding hydrogens is 264 g/mol. The van der Waals surface area contributed by atoms with Gasteiger partial charge in [-0.1, -0.05) is 19.8 Å². The van der Waals surface area contributed by atoms with Crippen LogP contribution in [0.4, 0.5) is 5.69 Å². The fourth-order valence-electron chi connectivity index (χ4n) is 3.09. The van der Waals surface area contributed by atoms with Crippen molar-refractivity contribution in [3.05, 3.63) is 23.8 Å². The zero-order valence-electron chi connectivity index (χ0n) is 13.0. The third-order valence-corrected chi connectivity index (χ3v) is 4.10. The van der Waals surface area contributed by atoms with E-state index in [4.69, 9.17) is 10.5 Å². The summed E-state index contributed by atoms with van der Waals surface area (Å²) in [5.74, 6) is 1.96. The molecule has 1 aliphatic rings. The van der Waals surface area contributed by atoms with Gasteiger partial charge in [0.1, 0.15) is 5.75 Å². The van der Waals surface area contributed by atoms with Crippen molar-refractivity contribution in [2.75, 3.05) is 18.9 Å². The minimum atomic E-state index is -0.0681. The molecular formula is C17H26N2O2. The third-order valence-electron chi connectivity index (χ3n) is 4.10. The molecule has 0 bridgehead atoms. The number of ether oxygens (including phenoxy) is 1. The molecule has 4 heteroatoms. The van der Waals surface area contributed by atoms with Crippen LogP contribution in [0.1, 0.15) is 49.9 Å². The molecule has 1 aliphatic carbocycles. The highest BCUT2D eigenvalue weighted by molar-refractivity contribution is 5.95. The summed E-state index contributed by atoms with van der Waals surface area (Å²) in [4.78, 5) is 12.3. The summed E-state index contributed by atoms with van der Waals surface area (Å²) in [5.41, 5.74) is 6.95. The van der Waals surface area contributed by atoms with Gasteiger partial charge in [0.05, 0.1) is 6.61 Å². The molecule has 4 nitrogen and oxygen atoms in total. The lowest BCUT2D eigenvalue weighted by molar-refractivity contribution is 0.0940. The highest BCUT2D eigenvalue weighted by Crippen LogP contribution is 2.28. The Labute approximate surface area is 127 Å². The lowest BCUT2D eigenvalue weighted by atomic mass is 9.82. The maximum absolute atomic E-state index is 12.3. The monoisotopic (exact) mass is 290 g/mol. The standard InChI is InChI=1S/C17H26N2O2/c1-3-21-16-9-14(8-15(18)10-16)17(20)19-11-13-6-4-5-12(2)7-13/h8-10,12-13H,3-7,11,18H2,1-2H3,(H,19,20). The second kappa shape index (κ2) is 7.34. The van der Waals surface area contributed by atoms with Crippen molar-refractivity contribution >= 4 is 11.6 Å². The molecule has 1 amide bonds. The van der Waals surface area contributed by atoms with Gasteiger partial charge in [-0.15, -0.1) is 0 Å². The van der Waals surface area contributed by atoms with Gasteiger partial charge in [-0.3, -0.25) is 4.79 Å². The van der Waals surface area contributed by atoms with Crippen LogP contribution < -0.4 is 15.8 Å². The maximum atomic E-state index is 12.3. The van der Waals surface area contributed by atoms with Crippen LogP contribution in [-0.2, 0) is 0 Å². The molecule has 3 N–H and O–H groups in total. The van der Waals surface area contributed by atoms with Crippen molar-refractivity contribution in [1.82, 2.24) is 5.32 Å². The fraction of sp³-hybridized carbons (Fsp3) is 0.588. The van der Waals surface area contributed by atoms with E-state index in [2.05, 4.69) is 12.2 Å². The van der Waals surface area contributed by atoms with Crippen LogP contribution in [-0.4, -0.2) is 19.1 Å². The summed E-state index contributed by atoms with van der Waals surface area (Å²) < 4.78 is 5.43. The fourth-order valence-corrected chi connectivity index (χ4v) is 3.09. The minimum absolute atomic E-state index is 0.0681. The number of nitrogens with two attached hydrogens (primary N) is 1. The molecule has 0 radical (unpaired) electrons. The summed E-state index contributed by atoms with van der Waals surface area (Å²) >= 11 is 0. The number of carbonyl (C=O) groups excluding carboxylic acids is 1. The van der Waals surface area contributed by atoms with Crippen molar-refractivity contribution < 1.29 is 9.53 Å². The highest BCUT2D eigenvalue weighted by Gasteiger charge is 2.19. The normalized spacial score (nSPS) is 21.8. The number of hydrogen-bond acceptors (Lipinski definition) is 3. The number of benzene rings is 1. The number of nitrogen functional groups attached to an aromatic ring is 1. The molecule has 1 saturated carbocycles. The number of carbonyl (C=O) groups is 1. The summed E-state index contributed by atoms with van der Waals surface area (Å²) in [7, 11) is 0. The van der Waals surface area contributed by atoms with E-state index in [0.29, 0.717) is 29.5 Å². The minimum Gasteiger partial charge on any atom is -0.494 e. The first-order valence-corrected chi connectivity index (χ1v) is 7.90. The van der Waals surface area contributed by atoms with E-state index in [0.717, 1.165) is 12.5 Å². The van der Waals surface area contributed by atoms with Gasteiger partial charge in [-0.25, -0.2) is 0 Å². The van der Waals surface area contributed by atoms with Gasteiger partial charge in [0.25, 0.3) is 5.91 Å². The van der Waals surface area contributed by atoms with E-state index in [-0.39, 0.29) is 5.91 Å². The van der Waals surface area contributed by atoms with Crippen LogP contribution in [0.2, 0.25) is 0 Å². The summed E-state index contributed by atoms with van der Waals surface area (Å²) in [6, 6.07) is 5.18. The number of rotatable bonds is 5. The second-order valence-corrected chi connectivity index (χ2v) is 6.07. The van der Waals surface area contributed by atoms with Crippen LogP contribution in [0, 0.1) is 11.8 Å². The molecule has 1 aromatic carbocycles. The largest absolute Gasteiger partial charge is 0.494 e. The van der Waals surface area contributed by atoms with Gasteiger partial charge in [0, 0.05) is 23.9 Å². The first kappa shape index (κ1) is 15.7. The summed E-state index contributed by atoms with van der Waals surface area (Å²) in [6.45, 7) is 5.51. The molecule has 21 heavy (non-hydrogen) atoms. The Kier molecular flexibility index (Phi) is 5.48. The highest BCUT2D eigenvalue weighted by atomic mass is 16.5. The summed E-state index contributed by atoms with van der Waals surface area (Å²) in [5, 5.41) is 3.04. The van der Waals surface area contributed by atoms with E-state index in [1.54, 1.807) is 18.2 Å². The first-order valence-electron chi connectivity index (χ1n) is 7.90. The Balaban J connectivity index is 1.93. The van der Waals surface area contributed by atoms with Crippen molar-refractivity contribution in [3.63, 3.8) is 0 Å². The molecule has 0 heterocycles. The smallest absolute Gasteiger partial charge is 0.251 e. The SMILES string of the molecule is CCOc1cc(N)cc(C(=O)NCC2CCCC(C)C2)c1. The van der Waals surface area contributed by atoms with Crippen LogP contribution in [0.25, 0.3) is 0 Å². The molecule has 0 aliphatic heterocycles. The molecule has 0 spiro atoms. The maximum Gasteiger partial charge on any atom is 0.251 e. The lowest BCUT2D eigenvalue weighted by Gasteiger charge is -2.26. The predicted molar refractivity (Wildman–Crippen MR) is 85.5 cm³/mol. The van der Waals surface area contributed by atoms with E-state index >= 15 is 0 Å². The number of amides is 1. The number of anilines is 1. The topological polar surface area (TPSA) is 64.3 Å². The van der Waals surface area contributed by atoms with Gasteiger partial charge in [-0.2, -0.15) is 0 Å². The van der Waals surface area contributed by atoms with E-state index < -0.39 is 0 Å². The first-order chi connectivity index (χ1) is 10.1. The van der Waals surface area contributed by atoms with Crippen molar-refractivity contribution in [3.8, 4) is 5.75 Å². The zero-order chi connectivity index (χ0) is 15.2. The Bertz CT molecular complexity index is 488. The zero-order valence-corrected chi connectivity index (χ0v) is 13.0. The van der Waals surface area contributed by atoms with Gasteiger partial charge in [0.2, 0.25) is 0 Å². The van der Waals surface area contributed by atoms with Crippen molar-refractivity contribution in [1.29, 1.82) is 0 Å². The molecule has 116 valence electrons. The second-order valence-electron chi connectivity index (χ2n) is 6.07. The Morgan fingerprint density at radius 3 is 2.90 bits per heavy atom. The average molecular weight is 290 g/mol. The Hall–Kier alpha value is -1.71. The Morgan fingerprint density at radius 1 is 1.38 bits per heavy atom. The molecule has 2 unspecified atom stereocenters. The molecule has 1 fully saturated rings. The Morgan fingerprint density at radius 2 is 2.19 bits per heavy atom. The van der Waals surface area contributed by atoms with Crippen LogP contribution in [0.15, 0.2) is 18.2 Å². The predicted octanol–water partition coefficient (Wildman–Crippen LogP) is 3.22. The number of hydrogen-bond donors (Lipinski definition) is 2. The van der Waals surface area contributed by atoms with Crippen LogP contribution >= 0.6 is 0 Å². The van der Waals surface area contributed by atoms with Crippen LogP contribution in [0.3, 0.4) is 0 Å². The van der Waals surface area contributed by atoms with Gasteiger partial charge in [-0.05, 0) is 43.7 Å². The van der Waals surface area contributed by atoms with E-state index in [1.807, 2.05) is 6.92 Å². The quantitative estimate of drug-likeness (QED) is 0.818. The molecule has 0 saturated heterocycles. The molecule has 2 rings (SSSR count). The van der Waals surface area contributed by atoms with Crippen molar-refractivity contribution in [2.45, 2.75) is 39.5 Å². The average Bonchev–Trinajstić information content (AvgIpc) is 2.44. The van der Waals surface area contributed by atoms with Gasteiger partial charge >= 0.3 is 0 Å². The van der Waals surface area contributed by atoms with Crippen molar-refractivity contribution in [2.24, 2.45) is 11.8 Å². The lowest BCUT2D eigenvalue weighted by Crippen LogP contribution is -2.31. The molecule has 0 aromatic heterocycles.